The molecule has 1 amide bonds. The minimum absolute atomic E-state index is 0.588. The minimum Gasteiger partial charge on any atom is -0.367 e. The molecule has 1 unspecified atom stereocenters. The highest BCUT2D eigenvalue weighted by atomic mass is 127. The van der Waals surface area contributed by atoms with Gasteiger partial charge >= 0.3 is 0 Å². The fourth-order valence-electron chi connectivity index (χ4n) is 0. The molecule has 2 nitrogen and oxygen atoms in total. The van der Waals surface area contributed by atoms with E-state index in [1.54, 1.807) is 22.6 Å². The zero-order valence-corrected chi connectivity index (χ0v) is 7.62. The number of amides is 1. The number of halogens is 3. The largest absolute Gasteiger partial charge is 0.367 e. The Morgan fingerprint density at radius 3 is 2.14 bits per heavy atom. The van der Waals surface area contributed by atoms with Crippen molar-refractivity contribution in [3.05, 3.63) is 0 Å². The summed E-state index contributed by atoms with van der Waals surface area (Å²) >= 11 is 9.79. The van der Waals surface area contributed by atoms with Gasteiger partial charge in [-0.3, -0.25) is 4.79 Å². The number of alkyl halides is 3. The monoisotopic (exact) mass is 297 g/mol. The standard InChI is InChI=1S/C2H2BrClINO/c3-2(4,5)1(6)7/h(H2,6,7). The molecule has 5 heteroatoms. The molecule has 1 atom stereocenters. The highest BCUT2D eigenvalue weighted by Crippen LogP contribution is 2.30. The molecule has 0 aromatic heterocycles. The lowest BCUT2D eigenvalue weighted by Crippen LogP contribution is -2.26. The summed E-state index contributed by atoms with van der Waals surface area (Å²) in [6.45, 7) is 0. The molecule has 0 heterocycles. The van der Waals surface area contributed by atoms with Crippen LogP contribution < -0.4 is 5.73 Å². The molecular formula is C2H2BrClINO. The summed E-state index contributed by atoms with van der Waals surface area (Å²) in [5.41, 5.74) is 4.74. The molecule has 42 valence electrons. The van der Waals surface area contributed by atoms with Crippen LogP contribution in [0.3, 0.4) is 0 Å². The van der Waals surface area contributed by atoms with Gasteiger partial charge in [0.25, 0.3) is 5.91 Å². The van der Waals surface area contributed by atoms with Crippen LogP contribution in [0.1, 0.15) is 0 Å². The van der Waals surface area contributed by atoms with E-state index in [-0.39, 0.29) is 0 Å². The summed E-state index contributed by atoms with van der Waals surface area (Å²) in [4.78, 5) is 10.1. The smallest absolute Gasteiger partial charge is 0.259 e. The van der Waals surface area contributed by atoms with Crippen molar-refractivity contribution in [2.75, 3.05) is 0 Å². The van der Waals surface area contributed by atoms with Gasteiger partial charge in [0.1, 0.15) is 0 Å². The maximum absolute atomic E-state index is 10.1. The van der Waals surface area contributed by atoms with Crippen LogP contribution in [0, 0.1) is 0 Å². The van der Waals surface area contributed by atoms with Crippen molar-refractivity contribution < 1.29 is 4.79 Å². The summed E-state index contributed by atoms with van der Waals surface area (Å²) in [7, 11) is 0. The number of carbonyl (C=O) groups is 1. The molecule has 2 N–H and O–H groups in total. The zero-order chi connectivity index (χ0) is 6.08. The lowest BCUT2D eigenvalue weighted by molar-refractivity contribution is -0.116. The summed E-state index contributed by atoms with van der Waals surface area (Å²) < 4.78 is -1.11. The first kappa shape index (κ1) is 7.97. The molecule has 0 aliphatic carbocycles. The third kappa shape index (κ3) is 3.54. The van der Waals surface area contributed by atoms with Crippen LogP contribution >= 0.6 is 50.1 Å². The normalized spacial score (nSPS) is 18.1. The Bertz CT molecular complexity index is 90.2. The highest BCUT2D eigenvalue weighted by molar-refractivity contribution is 14.1. The lowest BCUT2D eigenvalue weighted by Gasteiger charge is -2.02. The van der Waals surface area contributed by atoms with Gasteiger partial charge in [0.05, 0.1) is 0 Å². The SMILES string of the molecule is NC(=O)C(Cl)(Br)I. The van der Waals surface area contributed by atoms with E-state index in [9.17, 15) is 4.79 Å². The summed E-state index contributed by atoms with van der Waals surface area (Å²) in [6, 6.07) is 0. The Morgan fingerprint density at radius 2 is 2.14 bits per heavy atom. The predicted octanol–water partition coefficient (Wildman–Crippen LogP) is 1.19. The van der Waals surface area contributed by atoms with Crippen LogP contribution in [0.4, 0.5) is 0 Å². The van der Waals surface area contributed by atoms with Crippen molar-refractivity contribution >= 4 is 56.0 Å². The van der Waals surface area contributed by atoms with Gasteiger partial charge in [0.2, 0.25) is 1.79 Å². The van der Waals surface area contributed by atoms with E-state index in [2.05, 4.69) is 15.9 Å². The van der Waals surface area contributed by atoms with Crippen molar-refractivity contribution in [3.63, 3.8) is 0 Å². The first-order valence-electron chi connectivity index (χ1n) is 1.31. The Morgan fingerprint density at radius 1 is 2.00 bits per heavy atom. The Balaban J connectivity index is 3.79. The summed E-state index contributed by atoms with van der Waals surface area (Å²) in [5, 5.41) is 0. The maximum atomic E-state index is 10.1. The first-order chi connectivity index (χ1) is 2.94. The van der Waals surface area contributed by atoms with Gasteiger partial charge in [0, 0.05) is 0 Å². The van der Waals surface area contributed by atoms with Gasteiger partial charge in [-0.25, -0.2) is 0 Å². The van der Waals surface area contributed by atoms with Crippen LogP contribution in [0.2, 0.25) is 0 Å². The van der Waals surface area contributed by atoms with Gasteiger partial charge in [-0.15, -0.1) is 0 Å². The zero-order valence-electron chi connectivity index (χ0n) is 3.12. The molecule has 0 spiro atoms. The van der Waals surface area contributed by atoms with Gasteiger partial charge in [-0.2, -0.15) is 0 Å². The number of rotatable bonds is 1. The maximum Gasteiger partial charge on any atom is 0.259 e. The Kier molecular flexibility index (Phi) is 2.85. The van der Waals surface area contributed by atoms with Crippen molar-refractivity contribution in [2.45, 2.75) is 1.79 Å². The van der Waals surface area contributed by atoms with Gasteiger partial charge in [0.15, 0.2) is 0 Å². The van der Waals surface area contributed by atoms with Crippen LogP contribution in [0.25, 0.3) is 0 Å². The average molecular weight is 298 g/mol. The van der Waals surface area contributed by atoms with Crippen LogP contribution in [0.15, 0.2) is 0 Å². The summed E-state index contributed by atoms with van der Waals surface area (Å²) in [5.74, 6) is -0.588. The molecule has 0 saturated carbocycles. The second kappa shape index (κ2) is 2.50. The van der Waals surface area contributed by atoms with E-state index in [0.717, 1.165) is 0 Å². The van der Waals surface area contributed by atoms with Crippen molar-refractivity contribution in [2.24, 2.45) is 5.73 Å². The first-order valence-corrected chi connectivity index (χ1v) is 3.56. The highest BCUT2D eigenvalue weighted by Gasteiger charge is 2.25. The number of nitrogens with two attached hydrogens (primary N) is 1. The Labute approximate surface area is 68.0 Å². The molecule has 0 radical (unpaired) electrons. The van der Waals surface area contributed by atoms with Crippen molar-refractivity contribution in [1.82, 2.24) is 0 Å². The number of carbonyl (C=O) groups excluding carboxylic acids is 1. The second-order valence-electron chi connectivity index (χ2n) is 0.862. The molecule has 0 rings (SSSR count). The molecule has 0 aromatic rings. The molecule has 0 aliphatic rings. The van der Waals surface area contributed by atoms with E-state index in [1.807, 2.05) is 0 Å². The van der Waals surface area contributed by atoms with Crippen LogP contribution in [0.5, 0.6) is 0 Å². The van der Waals surface area contributed by atoms with E-state index in [4.69, 9.17) is 17.3 Å². The third-order valence-electron chi connectivity index (χ3n) is 0.279. The number of hydrogen-bond donors (Lipinski definition) is 1. The third-order valence-corrected chi connectivity index (χ3v) is 1.39. The molecule has 0 bridgehead atoms. The quantitative estimate of drug-likeness (QED) is 0.573. The number of hydrogen-bond acceptors (Lipinski definition) is 1. The molecule has 7 heavy (non-hydrogen) atoms. The van der Waals surface area contributed by atoms with E-state index in [1.165, 1.54) is 0 Å². The minimum atomic E-state index is -1.11. The topological polar surface area (TPSA) is 43.1 Å². The molecule has 0 aliphatic heterocycles. The van der Waals surface area contributed by atoms with Gasteiger partial charge in [-0.1, -0.05) is 11.6 Å². The van der Waals surface area contributed by atoms with E-state index >= 15 is 0 Å². The number of primary amides is 1. The van der Waals surface area contributed by atoms with Crippen molar-refractivity contribution in [1.29, 1.82) is 0 Å². The van der Waals surface area contributed by atoms with Crippen molar-refractivity contribution in [3.8, 4) is 0 Å². The molecule has 0 aromatic carbocycles. The van der Waals surface area contributed by atoms with E-state index < -0.39 is 7.70 Å². The second-order valence-corrected chi connectivity index (χ2v) is 6.81. The fraction of sp³-hybridized carbons (Fsp3) is 0.500. The van der Waals surface area contributed by atoms with E-state index in [0.29, 0.717) is 0 Å². The molecule has 0 fully saturated rings. The molecule has 0 saturated heterocycles. The fourth-order valence-corrected chi connectivity index (χ4v) is 0. The Hall–Kier alpha value is 0.970. The van der Waals surface area contributed by atoms with Gasteiger partial charge < -0.3 is 5.73 Å². The lowest BCUT2D eigenvalue weighted by atomic mass is 10.8. The van der Waals surface area contributed by atoms with Gasteiger partial charge in [-0.05, 0) is 38.5 Å². The van der Waals surface area contributed by atoms with Crippen LogP contribution in [-0.2, 0) is 4.79 Å². The van der Waals surface area contributed by atoms with Crippen LogP contribution in [-0.4, -0.2) is 7.70 Å². The molecular weight excluding hydrogens is 296 g/mol. The average Bonchev–Trinajstić information content (AvgIpc) is 1.31. The summed E-state index contributed by atoms with van der Waals surface area (Å²) in [6.07, 6.45) is 0. The predicted molar refractivity (Wildman–Crippen MR) is 40.7 cm³/mol.